The van der Waals surface area contributed by atoms with Gasteiger partial charge in [-0.1, -0.05) is 44.6 Å². The first kappa shape index (κ1) is 21.2. The van der Waals surface area contributed by atoms with Crippen LogP contribution in [0.25, 0.3) is 16.6 Å². The fraction of sp³-hybridized carbons (Fsp3) is 0.560. The zero-order valence-corrected chi connectivity index (χ0v) is 19.1. The summed E-state index contributed by atoms with van der Waals surface area (Å²) in [7, 11) is 0. The van der Waals surface area contributed by atoms with E-state index in [1.807, 2.05) is 6.20 Å². The first-order chi connectivity index (χ1) is 14.8. The van der Waals surface area contributed by atoms with Crippen molar-refractivity contribution in [1.29, 1.82) is 0 Å². The highest BCUT2D eigenvalue weighted by molar-refractivity contribution is 7.16. The Bertz CT molecular complexity index is 854. The lowest BCUT2D eigenvalue weighted by Gasteiger charge is -2.22. The summed E-state index contributed by atoms with van der Waals surface area (Å²) in [6.07, 6.45) is 17.5. The lowest BCUT2D eigenvalue weighted by atomic mass is 9.84. The van der Waals surface area contributed by atoms with Crippen molar-refractivity contribution in [2.45, 2.75) is 71.1 Å². The summed E-state index contributed by atoms with van der Waals surface area (Å²) in [6.45, 7) is 8.30. The van der Waals surface area contributed by atoms with Gasteiger partial charge in [0.1, 0.15) is 10.8 Å². The SMILES string of the molecule is C=Nc1nc(-c2ccc(N3CCCC3)nc2)sc1/C=C(\CC)C1CCCCCCC1. The molecular weight excluding hydrogens is 388 g/mol. The quantitative estimate of drug-likeness (QED) is 0.459. The van der Waals surface area contributed by atoms with Crippen LogP contribution in [0.4, 0.5) is 11.6 Å². The second kappa shape index (κ2) is 10.3. The topological polar surface area (TPSA) is 41.4 Å². The summed E-state index contributed by atoms with van der Waals surface area (Å²) in [4.78, 5) is 17.2. The third-order valence-electron chi connectivity index (χ3n) is 6.56. The van der Waals surface area contributed by atoms with E-state index in [-0.39, 0.29) is 0 Å². The molecule has 30 heavy (non-hydrogen) atoms. The van der Waals surface area contributed by atoms with Gasteiger partial charge < -0.3 is 4.90 Å². The Morgan fingerprint density at radius 3 is 2.50 bits per heavy atom. The Morgan fingerprint density at radius 1 is 1.13 bits per heavy atom. The standard InChI is InChI=1S/C25H34N4S/c1-3-19(20-11-7-5-4-6-8-12-20)17-22-24(26-2)28-25(30-22)21-13-14-23(27-18-21)29-15-9-10-16-29/h13-14,17-18,20H,2-12,15-16H2,1H3/b19-17+. The van der Waals surface area contributed by atoms with Crippen LogP contribution in [0.5, 0.6) is 0 Å². The van der Waals surface area contributed by atoms with Crippen LogP contribution < -0.4 is 4.90 Å². The van der Waals surface area contributed by atoms with Gasteiger partial charge in [0.05, 0.1) is 4.88 Å². The highest BCUT2D eigenvalue weighted by Crippen LogP contribution is 2.37. The van der Waals surface area contributed by atoms with Gasteiger partial charge in [0, 0.05) is 24.8 Å². The molecule has 2 fully saturated rings. The summed E-state index contributed by atoms with van der Waals surface area (Å²) in [5.41, 5.74) is 2.62. The molecule has 0 radical (unpaired) electrons. The number of hydrogen-bond donors (Lipinski definition) is 0. The van der Waals surface area contributed by atoms with Crippen LogP contribution in [-0.4, -0.2) is 29.8 Å². The van der Waals surface area contributed by atoms with Gasteiger partial charge in [0.2, 0.25) is 0 Å². The molecule has 0 amide bonds. The Labute approximate surface area is 185 Å². The summed E-state index contributed by atoms with van der Waals surface area (Å²) in [5.74, 6) is 2.54. The molecule has 1 saturated carbocycles. The molecule has 5 heteroatoms. The minimum Gasteiger partial charge on any atom is -0.357 e. The number of anilines is 1. The molecule has 0 aromatic carbocycles. The number of hydrogen-bond acceptors (Lipinski definition) is 5. The molecule has 1 saturated heterocycles. The van der Waals surface area contributed by atoms with Crippen molar-refractivity contribution in [2.75, 3.05) is 18.0 Å². The van der Waals surface area contributed by atoms with Crippen LogP contribution in [0.3, 0.4) is 0 Å². The smallest absolute Gasteiger partial charge is 0.170 e. The molecule has 0 N–H and O–H groups in total. The van der Waals surface area contributed by atoms with Crippen molar-refractivity contribution in [2.24, 2.45) is 10.9 Å². The van der Waals surface area contributed by atoms with Gasteiger partial charge in [-0.25, -0.2) is 15.0 Å². The molecule has 4 nitrogen and oxygen atoms in total. The third kappa shape index (κ3) is 5.00. The highest BCUT2D eigenvalue weighted by Gasteiger charge is 2.18. The molecule has 1 aliphatic carbocycles. The summed E-state index contributed by atoms with van der Waals surface area (Å²) in [5, 5.41) is 0.984. The maximum Gasteiger partial charge on any atom is 0.170 e. The van der Waals surface area contributed by atoms with E-state index in [2.05, 4.69) is 41.7 Å². The normalized spacial score (nSPS) is 19.0. The molecule has 2 aromatic heterocycles. The first-order valence-corrected chi connectivity index (χ1v) is 12.5. The predicted octanol–water partition coefficient (Wildman–Crippen LogP) is 7.29. The number of pyridine rings is 1. The predicted molar refractivity (Wildman–Crippen MR) is 130 cm³/mol. The third-order valence-corrected chi connectivity index (χ3v) is 7.60. The largest absolute Gasteiger partial charge is 0.357 e. The van der Waals surface area contributed by atoms with Gasteiger partial charge >= 0.3 is 0 Å². The molecule has 0 bridgehead atoms. The van der Waals surface area contributed by atoms with E-state index in [4.69, 9.17) is 9.97 Å². The van der Waals surface area contributed by atoms with Crippen molar-refractivity contribution in [3.05, 3.63) is 28.8 Å². The van der Waals surface area contributed by atoms with Crippen molar-refractivity contribution in [1.82, 2.24) is 9.97 Å². The van der Waals surface area contributed by atoms with Crippen molar-refractivity contribution in [3.63, 3.8) is 0 Å². The lowest BCUT2D eigenvalue weighted by Crippen LogP contribution is -2.18. The number of nitrogens with zero attached hydrogens (tertiary/aromatic N) is 4. The maximum atomic E-state index is 4.78. The molecule has 3 heterocycles. The Balaban J connectivity index is 1.56. The molecule has 0 spiro atoms. The van der Waals surface area contributed by atoms with E-state index in [1.54, 1.807) is 16.9 Å². The van der Waals surface area contributed by atoms with Gasteiger partial charge in [0.15, 0.2) is 5.82 Å². The van der Waals surface area contributed by atoms with E-state index < -0.39 is 0 Å². The van der Waals surface area contributed by atoms with Crippen LogP contribution in [0.1, 0.15) is 76.0 Å². The number of aliphatic imine (C=N–C) groups is 1. The minimum absolute atomic E-state index is 0.708. The first-order valence-electron chi connectivity index (χ1n) is 11.7. The fourth-order valence-corrected chi connectivity index (χ4v) is 5.80. The maximum absolute atomic E-state index is 4.78. The van der Waals surface area contributed by atoms with Crippen LogP contribution in [0, 0.1) is 5.92 Å². The Morgan fingerprint density at radius 2 is 1.87 bits per heavy atom. The average Bonchev–Trinajstić information content (AvgIpc) is 3.42. The number of allylic oxidation sites excluding steroid dienone is 1. The zero-order chi connectivity index (χ0) is 20.8. The monoisotopic (exact) mass is 422 g/mol. The van der Waals surface area contributed by atoms with Crippen molar-refractivity contribution in [3.8, 4) is 10.6 Å². The minimum atomic E-state index is 0.708. The molecule has 1 aliphatic heterocycles. The van der Waals surface area contributed by atoms with Crippen LogP contribution in [0.15, 0.2) is 28.9 Å². The van der Waals surface area contributed by atoms with Gasteiger partial charge in [-0.05, 0) is 62.9 Å². The van der Waals surface area contributed by atoms with E-state index in [9.17, 15) is 0 Å². The Hall–Kier alpha value is -2.01. The second-order valence-electron chi connectivity index (χ2n) is 8.58. The van der Waals surface area contributed by atoms with Gasteiger partial charge in [0.25, 0.3) is 0 Å². The molecular formula is C25H34N4S. The van der Waals surface area contributed by atoms with E-state index in [1.165, 1.54) is 57.8 Å². The molecule has 2 aromatic rings. The second-order valence-corrected chi connectivity index (χ2v) is 9.61. The molecule has 4 rings (SSSR count). The average molecular weight is 423 g/mol. The molecule has 160 valence electrons. The van der Waals surface area contributed by atoms with Crippen molar-refractivity contribution < 1.29 is 0 Å². The van der Waals surface area contributed by atoms with Gasteiger partial charge in [-0.15, -0.1) is 11.3 Å². The Kier molecular flexibility index (Phi) is 7.32. The van der Waals surface area contributed by atoms with Crippen LogP contribution >= 0.6 is 11.3 Å². The molecule has 2 aliphatic rings. The van der Waals surface area contributed by atoms with Crippen LogP contribution in [0.2, 0.25) is 0 Å². The van der Waals surface area contributed by atoms with E-state index in [0.29, 0.717) is 5.92 Å². The highest BCUT2D eigenvalue weighted by atomic mass is 32.1. The summed E-state index contributed by atoms with van der Waals surface area (Å²) in [6, 6.07) is 4.28. The molecule has 0 unspecified atom stereocenters. The number of thiazole rings is 1. The van der Waals surface area contributed by atoms with Crippen molar-refractivity contribution >= 4 is 35.8 Å². The van der Waals surface area contributed by atoms with Crippen LogP contribution in [-0.2, 0) is 0 Å². The fourth-order valence-electron chi connectivity index (χ4n) is 4.80. The zero-order valence-electron chi connectivity index (χ0n) is 18.3. The molecule has 0 atom stereocenters. The van der Waals surface area contributed by atoms with E-state index in [0.717, 1.165) is 46.6 Å². The lowest BCUT2D eigenvalue weighted by molar-refractivity contribution is 0.416. The summed E-state index contributed by atoms with van der Waals surface area (Å²) >= 11 is 1.72. The summed E-state index contributed by atoms with van der Waals surface area (Å²) < 4.78 is 0. The number of rotatable bonds is 6. The number of aromatic nitrogens is 2. The van der Waals surface area contributed by atoms with Gasteiger partial charge in [-0.2, -0.15) is 0 Å². The van der Waals surface area contributed by atoms with E-state index >= 15 is 0 Å². The van der Waals surface area contributed by atoms with Gasteiger partial charge in [-0.3, -0.25) is 0 Å².